The van der Waals surface area contributed by atoms with E-state index in [9.17, 15) is 9.59 Å². The Morgan fingerprint density at radius 3 is 2.43 bits per heavy atom. The SMILES string of the molecule is COc1cc(C=NNC(=O)CCC(=O)Nc2cc(C)ccc2C)ccc1OCc1cccc(C)c1. The number of methoxy groups -OCH3 is 1. The molecule has 0 saturated heterocycles. The number of hydrazone groups is 1. The fraction of sp³-hybridized carbons (Fsp3) is 0.250. The van der Waals surface area contributed by atoms with Crippen LogP contribution in [0, 0.1) is 20.8 Å². The Balaban J connectivity index is 1.47. The third-order valence-electron chi connectivity index (χ3n) is 5.31. The number of ether oxygens (including phenoxy) is 2. The maximum absolute atomic E-state index is 12.2. The summed E-state index contributed by atoms with van der Waals surface area (Å²) in [7, 11) is 1.57. The van der Waals surface area contributed by atoms with Crippen molar-refractivity contribution in [1.29, 1.82) is 0 Å². The molecule has 3 rings (SSSR count). The first kappa shape index (κ1) is 25.5. The molecule has 0 radical (unpaired) electrons. The molecule has 0 fully saturated rings. The highest BCUT2D eigenvalue weighted by Crippen LogP contribution is 2.28. The van der Waals surface area contributed by atoms with Crippen molar-refractivity contribution in [2.24, 2.45) is 5.10 Å². The maximum atomic E-state index is 12.2. The molecule has 3 aromatic carbocycles. The first-order valence-electron chi connectivity index (χ1n) is 11.4. The molecule has 0 atom stereocenters. The molecule has 35 heavy (non-hydrogen) atoms. The Morgan fingerprint density at radius 2 is 1.66 bits per heavy atom. The number of hydrogen-bond acceptors (Lipinski definition) is 5. The molecule has 0 heterocycles. The Bertz CT molecular complexity index is 1220. The molecule has 182 valence electrons. The highest BCUT2D eigenvalue weighted by molar-refractivity contribution is 5.94. The van der Waals surface area contributed by atoms with Crippen molar-refractivity contribution in [3.8, 4) is 11.5 Å². The van der Waals surface area contributed by atoms with E-state index in [4.69, 9.17) is 9.47 Å². The minimum absolute atomic E-state index is 0.0308. The van der Waals surface area contributed by atoms with Crippen LogP contribution in [0.3, 0.4) is 0 Å². The Kier molecular flexibility index (Phi) is 9.01. The summed E-state index contributed by atoms with van der Waals surface area (Å²) >= 11 is 0. The quantitative estimate of drug-likeness (QED) is 0.318. The van der Waals surface area contributed by atoms with Crippen molar-refractivity contribution in [1.82, 2.24) is 5.43 Å². The van der Waals surface area contributed by atoms with Crippen LogP contribution in [0.15, 0.2) is 65.8 Å². The molecule has 3 aromatic rings. The van der Waals surface area contributed by atoms with Crippen molar-refractivity contribution in [2.75, 3.05) is 12.4 Å². The highest BCUT2D eigenvalue weighted by Gasteiger charge is 2.09. The molecule has 0 aromatic heterocycles. The molecular formula is C28H31N3O4. The van der Waals surface area contributed by atoms with Gasteiger partial charge in [-0.1, -0.05) is 42.0 Å². The van der Waals surface area contributed by atoms with Crippen molar-refractivity contribution < 1.29 is 19.1 Å². The van der Waals surface area contributed by atoms with E-state index in [-0.39, 0.29) is 24.7 Å². The molecule has 0 unspecified atom stereocenters. The summed E-state index contributed by atoms with van der Waals surface area (Å²) in [6, 6.07) is 19.4. The van der Waals surface area contributed by atoms with Crippen molar-refractivity contribution in [3.63, 3.8) is 0 Å². The van der Waals surface area contributed by atoms with Gasteiger partial charge in [-0.3, -0.25) is 9.59 Å². The summed E-state index contributed by atoms with van der Waals surface area (Å²) in [6.45, 7) is 6.35. The average Bonchev–Trinajstić information content (AvgIpc) is 2.84. The smallest absolute Gasteiger partial charge is 0.240 e. The lowest BCUT2D eigenvalue weighted by atomic mass is 10.1. The first-order valence-corrected chi connectivity index (χ1v) is 11.4. The summed E-state index contributed by atoms with van der Waals surface area (Å²) in [4.78, 5) is 24.3. The predicted octanol–water partition coefficient (Wildman–Crippen LogP) is 5.07. The second kappa shape index (κ2) is 12.4. The van der Waals surface area contributed by atoms with Crippen LogP contribution in [0.5, 0.6) is 11.5 Å². The molecule has 0 spiro atoms. The number of hydrogen-bond donors (Lipinski definition) is 2. The van der Waals surface area contributed by atoms with Gasteiger partial charge in [0.2, 0.25) is 11.8 Å². The largest absolute Gasteiger partial charge is 0.493 e. The van der Waals surface area contributed by atoms with E-state index in [1.54, 1.807) is 19.2 Å². The lowest BCUT2D eigenvalue weighted by molar-refractivity contribution is -0.124. The average molecular weight is 474 g/mol. The predicted molar refractivity (Wildman–Crippen MR) is 138 cm³/mol. The molecule has 2 N–H and O–H groups in total. The lowest BCUT2D eigenvalue weighted by Gasteiger charge is -2.11. The van der Waals surface area contributed by atoms with Crippen molar-refractivity contribution >= 4 is 23.7 Å². The van der Waals surface area contributed by atoms with Gasteiger partial charge >= 0.3 is 0 Å². The van der Waals surface area contributed by atoms with E-state index in [2.05, 4.69) is 21.9 Å². The maximum Gasteiger partial charge on any atom is 0.240 e. The summed E-state index contributed by atoms with van der Waals surface area (Å²) in [5.74, 6) is 0.618. The monoisotopic (exact) mass is 473 g/mol. The molecule has 2 amide bonds. The van der Waals surface area contributed by atoms with Crippen molar-refractivity contribution in [2.45, 2.75) is 40.2 Å². The molecule has 0 aliphatic rings. The zero-order valence-electron chi connectivity index (χ0n) is 20.6. The molecule has 7 nitrogen and oxygen atoms in total. The van der Waals surface area contributed by atoms with Gasteiger partial charge < -0.3 is 14.8 Å². The topological polar surface area (TPSA) is 89.0 Å². The van der Waals surface area contributed by atoms with Crippen LogP contribution in [0.1, 0.15) is 40.7 Å². The Morgan fingerprint density at radius 1 is 0.886 bits per heavy atom. The van der Waals surface area contributed by atoms with E-state index >= 15 is 0 Å². The second-order valence-electron chi connectivity index (χ2n) is 8.35. The second-order valence-corrected chi connectivity index (χ2v) is 8.35. The molecule has 7 heteroatoms. The van der Waals surface area contributed by atoms with Gasteiger partial charge in [-0.2, -0.15) is 5.10 Å². The van der Waals surface area contributed by atoms with Crippen molar-refractivity contribution in [3.05, 3.63) is 88.5 Å². The summed E-state index contributed by atoms with van der Waals surface area (Å²) in [5, 5.41) is 6.83. The van der Waals surface area contributed by atoms with Crippen LogP contribution in [-0.2, 0) is 16.2 Å². The third kappa shape index (κ3) is 7.99. The minimum Gasteiger partial charge on any atom is -0.493 e. The number of nitrogens with one attached hydrogen (secondary N) is 2. The van der Waals surface area contributed by atoms with Gasteiger partial charge in [0.05, 0.1) is 13.3 Å². The number of rotatable bonds is 10. The number of anilines is 1. The third-order valence-corrected chi connectivity index (χ3v) is 5.31. The minimum atomic E-state index is -0.345. The highest BCUT2D eigenvalue weighted by atomic mass is 16.5. The molecule has 0 aliphatic heterocycles. The number of carbonyl (C=O) groups excluding carboxylic acids is 2. The lowest BCUT2D eigenvalue weighted by Crippen LogP contribution is -2.21. The zero-order chi connectivity index (χ0) is 25.2. The summed E-state index contributed by atoms with van der Waals surface area (Å²) in [5.41, 5.74) is 8.22. The number of aryl methyl sites for hydroxylation is 3. The molecular weight excluding hydrogens is 442 g/mol. The number of carbonyl (C=O) groups is 2. The molecule has 0 aliphatic carbocycles. The number of amides is 2. The van der Waals surface area contributed by atoms with E-state index in [0.717, 1.165) is 27.9 Å². The van der Waals surface area contributed by atoms with Crippen LogP contribution in [0.2, 0.25) is 0 Å². The van der Waals surface area contributed by atoms with Gasteiger partial charge in [0.15, 0.2) is 11.5 Å². The van der Waals surface area contributed by atoms with Gasteiger partial charge in [-0.25, -0.2) is 5.43 Å². The van der Waals surface area contributed by atoms with Gasteiger partial charge in [0, 0.05) is 18.5 Å². The fourth-order valence-electron chi connectivity index (χ4n) is 3.39. The van der Waals surface area contributed by atoms with E-state index < -0.39 is 0 Å². The van der Waals surface area contributed by atoms with Crippen LogP contribution in [0.4, 0.5) is 5.69 Å². The molecule has 0 saturated carbocycles. The van der Waals surface area contributed by atoms with E-state index in [0.29, 0.717) is 18.1 Å². The van der Waals surface area contributed by atoms with Gasteiger partial charge in [0.1, 0.15) is 6.61 Å². The van der Waals surface area contributed by atoms with E-state index in [1.165, 1.54) is 11.8 Å². The fourth-order valence-corrected chi connectivity index (χ4v) is 3.39. The zero-order valence-corrected chi connectivity index (χ0v) is 20.6. The molecule has 0 bridgehead atoms. The van der Waals surface area contributed by atoms with E-state index in [1.807, 2.05) is 63.2 Å². The van der Waals surface area contributed by atoms with Gasteiger partial charge in [0.25, 0.3) is 0 Å². The summed E-state index contributed by atoms with van der Waals surface area (Å²) < 4.78 is 11.3. The number of nitrogens with zero attached hydrogens (tertiary/aromatic N) is 1. The standard InChI is InChI=1S/C28H31N3O4/c1-19-6-5-7-23(14-19)18-35-25-11-10-22(16-26(25)34-4)17-29-31-28(33)13-12-27(32)30-24-15-20(2)8-9-21(24)3/h5-11,14-17H,12-13,18H2,1-4H3,(H,30,32)(H,31,33). The normalized spacial score (nSPS) is 10.7. The first-order chi connectivity index (χ1) is 16.8. The van der Waals surface area contributed by atoms with Crippen LogP contribution in [0.25, 0.3) is 0 Å². The Hall–Kier alpha value is -4.13. The van der Waals surface area contributed by atoms with Crippen LogP contribution < -0.4 is 20.2 Å². The number of benzene rings is 3. The Labute approximate surface area is 206 Å². The van der Waals surface area contributed by atoms with Gasteiger partial charge in [-0.15, -0.1) is 0 Å². The van der Waals surface area contributed by atoms with Crippen LogP contribution >= 0.6 is 0 Å². The summed E-state index contributed by atoms with van der Waals surface area (Å²) in [6.07, 6.45) is 1.61. The van der Waals surface area contributed by atoms with Crippen LogP contribution in [-0.4, -0.2) is 25.1 Å². The van der Waals surface area contributed by atoms with Gasteiger partial charge in [-0.05, 0) is 67.3 Å².